The monoisotopic (exact) mass is 1840 g/mol. The Hall–Kier alpha value is -8.22. The molecule has 30 nitrogen and oxygen atoms in total. The smallest absolute Gasteiger partial charge is 0.215 e. The van der Waals surface area contributed by atoms with E-state index < -0.39 is 344 Å². The number of rotatable bonds is 36. The molecule has 6 aromatic carbocycles. The summed E-state index contributed by atoms with van der Waals surface area (Å²) in [6.45, 7) is -35.5. The van der Waals surface area contributed by atoms with Crippen molar-refractivity contribution in [2.24, 2.45) is 0 Å². The maximum Gasteiger partial charge on any atom is 0.215 e. The predicted octanol–water partition coefficient (Wildman–Crippen LogP) is 7.93. The zero-order chi connectivity index (χ0) is 148. The number of aromatic amines is 6. The molecule has 0 aliphatic rings. The molecule has 0 fully saturated rings. The van der Waals surface area contributed by atoms with Gasteiger partial charge in [0.15, 0.2) is 4.24 Å². The average Bonchev–Trinajstić information content (AvgIpc) is 1.57. The standard InChI is InChI=1S/6C14H21N3O2S/c6*1-15-20(18,19)10-11-4-5-14-13(8-11)12(9-16-14)6-7-17(2)3/h6*4-5,8-9,15-16H,6-7,10H2,1-3H3/i1D3,2D3,3D3,4D,5D,7D2,8D,10D2;1D3,2D3,4D,5D,7D2,8D,10D2;2D3,3D3,4D,5D,8D,10D2;1D3,4D,5D,7D2,8D,10D2;2D3,4D,5D,8D,10D2;4D,5D,8D,10D2/hD6. The highest BCUT2D eigenvalue weighted by molar-refractivity contribution is 7.90. The molecule has 36 heteroatoms. The molecule has 6 heterocycles. The van der Waals surface area contributed by atoms with Crippen LogP contribution in [0, 0.1) is 0 Å². The van der Waals surface area contributed by atoms with Crippen molar-refractivity contribution in [2.75, 3.05) is 165 Å². The lowest BCUT2D eigenvalue weighted by atomic mass is 10.1. The Labute approximate surface area is 808 Å². The minimum absolute atomic E-state index is 0.00863. The van der Waals surface area contributed by atoms with Crippen molar-refractivity contribution >= 4 is 126 Å². The number of likely N-dealkylation sites (N-methyl/N-ethyl adjacent to an activating group) is 6. The number of fused-ring (bicyclic) bond motifs is 6. The maximum atomic E-state index is 12.5. The van der Waals surface area contributed by atoms with E-state index in [1.54, 1.807) is 0 Å². The number of aryl methyl sites for hydroxylation is 3. The molecule has 12 rings (SSSR count). The van der Waals surface area contributed by atoms with Crippen LogP contribution in [0.4, 0.5) is 0 Å². The molecule has 0 saturated carbocycles. The summed E-state index contributed by atoms with van der Waals surface area (Å²) < 4.78 is 688. The second-order valence-electron chi connectivity index (χ2n) is 24.5. The van der Waals surface area contributed by atoms with E-state index in [9.17, 15) is 50.5 Å². The lowest BCUT2D eigenvalue weighted by Crippen LogP contribution is -2.20. The fourth-order valence-corrected chi connectivity index (χ4v) is 12.2. The third-order valence-corrected chi connectivity index (χ3v) is 20.2. The van der Waals surface area contributed by atoms with Crippen molar-refractivity contribution in [3.63, 3.8) is 0 Å². The molecule has 120 heavy (non-hydrogen) atoms. The number of nitrogens with one attached hydrogen (secondary N) is 12. The Morgan fingerprint density at radius 3 is 0.817 bits per heavy atom. The largest absolute Gasteiger partial charge is 0.361 e. The molecule has 0 spiro atoms. The van der Waals surface area contributed by atoms with Crippen LogP contribution in [-0.2, 0) is 133 Å². The van der Waals surface area contributed by atoms with Gasteiger partial charge in [-0.25, -0.2) is 78.8 Å². The van der Waals surface area contributed by atoms with Gasteiger partial charge in [0.05, 0.1) is 58.9 Å². The molecule has 0 atom stereocenters. The summed E-state index contributed by atoms with van der Waals surface area (Å²) in [5.41, 5.74) is -27.6. The van der Waals surface area contributed by atoms with Crippen LogP contribution in [0.1, 0.15) is 153 Å². The van der Waals surface area contributed by atoms with Gasteiger partial charge in [-0.2, -0.15) is 0 Å². The molecule has 0 aliphatic carbocycles. The second kappa shape index (κ2) is 45.2. The highest BCUT2D eigenvalue weighted by Crippen LogP contribution is 2.28. The molecule has 0 radical (unpaired) electrons. The normalized spacial score (nSPS) is 22.9. The Balaban J connectivity index is 0.000000302. The van der Waals surface area contributed by atoms with Gasteiger partial charge in [0.1, 0.15) is 4.24 Å². The quantitative estimate of drug-likeness (QED) is 0.0177. The van der Waals surface area contributed by atoms with Gasteiger partial charge in [-0.15, -0.1) is 0 Å². The van der Waals surface area contributed by atoms with Crippen molar-refractivity contribution < 1.29 is 145 Å². The molecule has 12 N–H and O–H groups in total. The van der Waals surface area contributed by atoms with E-state index >= 15 is 0 Å². The van der Waals surface area contributed by atoms with Crippen LogP contribution in [0.2, 0.25) is 8.47 Å². The molecular formula is C84H126N18O12S6. The Morgan fingerprint density at radius 1 is 0.308 bits per heavy atom. The fraction of sp³-hybridized carbons (Fsp3) is 0.429. The van der Waals surface area contributed by atoms with Crippen LogP contribution in [0.3, 0.4) is 0 Å². The third-order valence-electron chi connectivity index (χ3n) is 15.2. The van der Waals surface area contributed by atoms with Gasteiger partial charge < -0.3 is 59.3 Å². The first-order valence-electron chi connectivity index (χ1n) is 67.8. The number of hydrogen-bond acceptors (Lipinski definition) is 18. The summed E-state index contributed by atoms with van der Waals surface area (Å²) in [7, 11) is -19.4. The summed E-state index contributed by atoms with van der Waals surface area (Å²) in [6, 6.07) is -14.4. The number of H-pyrrole nitrogens is 6. The number of sulfonamides is 6. The minimum atomic E-state index is -5.43. The molecular weight excluding hydrogens is 1650 g/mol. The molecule has 660 valence electrons. The second-order valence-corrected chi connectivity index (χ2v) is 33.3. The van der Waals surface area contributed by atoms with Crippen LogP contribution < -0.4 is 28.3 Å². The third kappa shape index (κ3) is 31.9. The lowest BCUT2D eigenvalue weighted by molar-refractivity contribution is 0.414. The highest BCUT2D eigenvalue weighted by Gasteiger charge is 2.19. The van der Waals surface area contributed by atoms with E-state index in [1.165, 1.54) is 54.1 Å². The number of nitrogens with zero attached hydrogens (tertiary/aromatic N) is 6. The first-order chi connectivity index (χ1) is 84.0. The van der Waals surface area contributed by atoms with Gasteiger partial charge in [-0.05, 0) is 304 Å². The molecule has 0 amide bonds. The minimum Gasteiger partial charge on any atom is -0.361 e. The zero-order valence-corrected chi connectivity index (χ0v) is 69.4. The molecule has 0 aliphatic heterocycles. The summed E-state index contributed by atoms with van der Waals surface area (Å²) >= 11 is 0. The highest BCUT2D eigenvalue weighted by atomic mass is 32.2. The van der Waals surface area contributed by atoms with Crippen molar-refractivity contribution in [2.45, 2.75) is 72.8 Å². The fourth-order valence-electron chi connectivity index (χ4n) is 9.54. The van der Waals surface area contributed by atoms with Crippen LogP contribution in [0.15, 0.2) is 146 Å². The predicted molar refractivity (Wildman–Crippen MR) is 493 cm³/mol. The van der Waals surface area contributed by atoms with Crippen molar-refractivity contribution in [1.29, 1.82) is 0 Å². The van der Waals surface area contributed by atoms with Gasteiger partial charge in [-0.1, -0.05) is 36.3 Å². The molecule has 0 unspecified atom stereocenters. The van der Waals surface area contributed by atoms with E-state index in [-0.39, 0.29) is 138 Å². The van der Waals surface area contributed by atoms with Crippen molar-refractivity contribution in [3.8, 4) is 0 Å². The van der Waals surface area contributed by atoms with E-state index in [2.05, 4.69) is 15.0 Å². The van der Waals surface area contributed by atoms with Crippen molar-refractivity contribution in [1.82, 2.24) is 87.6 Å². The van der Waals surface area contributed by atoms with Crippen molar-refractivity contribution in [3.05, 3.63) is 213 Å². The topological polar surface area (TPSA) is 391 Å². The number of hydrogen-bond donors (Lipinski definition) is 12. The van der Waals surface area contributed by atoms with Gasteiger partial charge in [0, 0.05) is 203 Å². The summed E-state index contributed by atoms with van der Waals surface area (Å²) in [5.74, 6) is 0. The SMILES string of the molecule is [2H]c1c(C([2H])([2H])S(=O)(=O)N([2H])C)c([2H])c2c(CCN(C([2H])([2H])[2H])C([2H])([2H])[2H])cn([2H])c2c1[2H].[2H]c1c(C([2H])([2H])S(=O)(=O)N([2H])C)c([2H])c2c(CCN(C)C([2H])([2H])[2H])cn([2H])c2c1[2H].[2H]c1c(C([2H])([2H])S(=O)(=O)N([2H])C)c([2H])c2c(CCN(C)C)cn([2H])c2c1[2H].[2H]c1c(C([2H])([2H])S(=O)(=O)NC([2H])([2H])[2H])c([2H])c2c(CC([2H])([2H])N(C([2H])([2H])[2H])C([2H])([2H])[2H])c[nH]c2c1[2H].[2H]c1c(C([2H])([2H])S(=O)(=O)NC([2H])([2H])[2H])c([2H])c2c(CC([2H])([2H])N(C)C([2H])([2H])[2H])c[nH]c2c1[2H].[2H]c1c(C([2H])([2H])S(=O)(=O)NC([2H])([2H])[2H])c([2H])c2c(CC([2H])([2H])N(C)C)c[nH]c2c1[2H]. The molecule has 6 aromatic heterocycles. The van der Waals surface area contributed by atoms with E-state index in [0.29, 0.717) is 28.4 Å². The van der Waals surface area contributed by atoms with Gasteiger partial charge in [0.25, 0.3) is 0 Å². The Kier molecular flexibility index (Phi) is 14.8. The lowest BCUT2D eigenvalue weighted by Gasteiger charge is -2.08. The first kappa shape index (κ1) is 39.3. The van der Waals surface area contributed by atoms with E-state index in [4.69, 9.17) is 94.8 Å². The van der Waals surface area contributed by atoms with E-state index in [1.807, 2.05) is 19.0 Å². The van der Waals surface area contributed by atoms with Gasteiger partial charge >= 0.3 is 0 Å². The van der Waals surface area contributed by atoms with Crippen LogP contribution >= 0.6 is 0 Å². The zero-order valence-electron chi connectivity index (χ0n) is 134. The van der Waals surface area contributed by atoms with Gasteiger partial charge in [-0.3, -0.25) is 0 Å². The number of aromatic nitrogens is 6. The number of benzene rings is 6. The average molecular weight is 1840 g/mol. The van der Waals surface area contributed by atoms with Crippen LogP contribution in [0.25, 0.3) is 65.4 Å². The maximum absolute atomic E-state index is 12.5. The Bertz CT molecular complexity index is 9470. The molecule has 12 aromatic rings. The van der Waals surface area contributed by atoms with Crippen LogP contribution in [0.5, 0.6) is 0 Å². The summed E-state index contributed by atoms with van der Waals surface area (Å²) in [5, 5.41) is -1.18. The van der Waals surface area contributed by atoms with Crippen LogP contribution in [-0.4, -0.2) is 275 Å². The Morgan fingerprint density at radius 2 is 0.550 bits per heavy atom. The van der Waals surface area contributed by atoms with E-state index in [0.717, 1.165) is 66.4 Å². The summed E-state index contributed by atoms with van der Waals surface area (Å²) in [4.78, 5) is 14.4. The van der Waals surface area contributed by atoms with Gasteiger partial charge in [0.2, 0.25) is 60.1 Å². The first-order valence-corrected chi connectivity index (χ1v) is 42.4. The summed E-state index contributed by atoms with van der Waals surface area (Å²) in [6.07, 6.45) is 5.25. The molecule has 0 bridgehead atoms. The molecule has 0 saturated heterocycles.